The smallest absolute Gasteiger partial charge is 0.234 e. The van der Waals surface area contributed by atoms with E-state index in [1.165, 1.54) is 0 Å². The van der Waals surface area contributed by atoms with E-state index in [9.17, 15) is 18.0 Å². The van der Waals surface area contributed by atoms with Gasteiger partial charge >= 0.3 is 0 Å². The van der Waals surface area contributed by atoms with Crippen molar-refractivity contribution in [2.45, 2.75) is 38.6 Å². The summed E-state index contributed by atoms with van der Waals surface area (Å²) >= 11 is 7.26. The predicted octanol–water partition coefficient (Wildman–Crippen LogP) is 5.88. The van der Waals surface area contributed by atoms with Crippen molar-refractivity contribution in [3.05, 3.63) is 64.7 Å². The van der Waals surface area contributed by atoms with E-state index in [1.807, 2.05) is 31.4 Å². The quantitative estimate of drug-likeness (QED) is 0.295. The standard InChI is InChI=1S/C22H22ClF3N4O2S/c1-12(2)10-30-21(13(3)32-17-7-5-4-6-14(17)23)28-29-22(30)33-11-18(31)27-16-9-8-15(24)19(25)20(16)26/h4-9,12-13H,10-11H2,1-3H3,(H,27,31). The lowest BCUT2D eigenvalue weighted by atomic mass is 10.2. The topological polar surface area (TPSA) is 69.0 Å². The van der Waals surface area contributed by atoms with Crippen LogP contribution in [0.15, 0.2) is 41.6 Å². The number of rotatable bonds is 9. The van der Waals surface area contributed by atoms with E-state index in [4.69, 9.17) is 16.3 Å². The number of hydrogen-bond donors (Lipinski definition) is 1. The molecule has 6 nitrogen and oxygen atoms in total. The van der Waals surface area contributed by atoms with Crippen LogP contribution in [-0.4, -0.2) is 26.4 Å². The van der Waals surface area contributed by atoms with E-state index >= 15 is 0 Å². The predicted molar refractivity (Wildman–Crippen MR) is 121 cm³/mol. The van der Waals surface area contributed by atoms with Crippen LogP contribution in [0.25, 0.3) is 0 Å². The number of aromatic nitrogens is 3. The fourth-order valence-corrected chi connectivity index (χ4v) is 3.90. The molecule has 0 spiro atoms. The number of halogens is 4. The summed E-state index contributed by atoms with van der Waals surface area (Å²) < 4.78 is 48.1. The Labute approximate surface area is 198 Å². The van der Waals surface area contributed by atoms with Crippen molar-refractivity contribution >= 4 is 35.0 Å². The third kappa shape index (κ3) is 6.20. The summed E-state index contributed by atoms with van der Waals surface area (Å²) in [6, 6.07) is 8.78. The van der Waals surface area contributed by atoms with E-state index in [-0.39, 0.29) is 11.7 Å². The molecule has 1 heterocycles. The number of thioether (sulfide) groups is 1. The lowest BCUT2D eigenvalue weighted by Gasteiger charge is -2.18. The minimum Gasteiger partial charge on any atom is -0.481 e. The van der Waals surface area contributed by atoms with Crippen LogP contribution in [0.1, 0.15) is 32.7 Å². The van der Waals surface area contributed by atoms with E-state index in [0.29, 0.717) is 28.3 Å². The van der Waals surface area contributed by atoms with Crippen molar-refractivity contribution in [2.75, 3.05) is 11.1 Å². The molecule has 11 heteroatoms. The Kier molecular flexibility index (Phi) is 8.25. The number of anilines is 1. The first-order valence-electron chi connectivity index (χ1n) is 10.1. The van der Waals surface area contributed by atoms with Gasteiger partial charge in [-0.2, -0.15) is 0 Å². The van der Waals surface area contributed by atoms with Crippen molar-refractivity contribution in [2.24, 2.45) is 5.92 Å². The Bertz CT molecular complexity index is 1140. The van der Waals surface area contributed by atoms with Gasteiger partial charge in [0.05, 0.1) is 16.5 Å². The lowest BCUT2D eigenvalue weighted by Crippen LogP contribution is -2.18. The largest absolute Gasteiger partial charge is 0.481 e. The van der Waals surface area contributed by atoms with Crippen LogP contribution in [0.3, 0.4) is 0 Å². The van der Waals surface area contributed by atoms with E-state index in [0.717, 1.165) is 23.9 Å². The molecule has 3 aromatic rings. The highest BCUT2D eigenvalue weighted by Crippen LogP contribution is 2.30. The molecule has 0 radical (unpaired) electrons. The number of carbonyl (C=O) groups is 1. The summed E-state index contributed by atoms with van der Waals surface area (Å²) in [6.45, 7) is 6.43. The van der Waals surface area contributed by atoms with Gasteiger partial charge in [-0.25, -0.2) is 13.2 Å². The van der Waals surface area contributed by atoms with Crippen LogP contribution in [0.5, 0.6) is 5.75 Å². The number of nitrogens with zero attached hydrogens (tertiary/aromatic N) is 3. The molecule has 0 saturated carbocycles. The zero-order valence-corrected chi connectivity index (χ0v) is 19.7. The number of nitrogens with one attached hydrogen (secondary N) is 1. The molecule has 0 saturated heterocycles. The SMILES string of the molecule is CC(C)Cn1c(SCC(=O)Nc2ccc(F)c(F)c2F)nnc1C(C)Oc1ccccc1Cl. The van der Waals surface area contributed by atoms with Crippen molar-refractivity contribution < 1.29 is 22.7 Å². The maximum Gasteiger partial charge on any atom is 0.234 e. The minimum atomic E-state index is -1.64. The van der Waals surface area contributed by atoms with Gasteiger partial charge in [-0.05, 0) is 37.1 Å². The average Bonchev–Trinajstić information content (AvgIpc) is 3.16. The molecule has 3 rings (SSSR count). The Hall–Kier alpha value is -2.72. The summed E-state index contributed by atoms with van der Waals surface area (Å²) in [5, 5.41) is 11.6. The molecule has 33 heavy (non-hydrogen) atoms. The van der Waals surface area contributed by atoms with Crippen LogP contribution >= 0.6 is 23.4 Å². The second-order valence-corrected chi connectivity index (χ2v) is 8.95. The molecule has 1 atom stereocenters. The van der Waals surface area contributed by atoms with Crippen LogP contribution < -0.4 is 10.1 Å². The van der Waals surface area contributed by atoms with Gasteiger partial charge in [-0.1, -0.05) is 49.3 Å². The summed E-state index contributed by atoms with van der Waals surface area (Å²) in [7, 11) is 0. The van der Waals surface area contributed by atoms with Gasteiger partial charge in [0.15, 0.2) is 34.5 Å². The van der Waals surface area contributed by atoms with E-state index in [1.54, 1.807) is 18.2 Å². The van der Waals surface area contributed by atoms with E-state index < -0.39 is 35.2 Å². The molecule has 2 aromatic carbocycles. The van der Waals surface area contributed by atoms with Gasteiger partial charge in [0.2, 0.25) is 5.91 Å². The molecule has 0 bridgehead atoms. The minimum absolute atomic E-state index is 0.144. The molecular weight excluding hydrogens is 477 g/mol. The third-order valence-corrected chi connectivity index (χ3v) is 5.72. The van der Waals surface area contributed by atoms with Gasteiger partial charge in [0.1, 0.15) is 5.75 Å². The lowest BCUT2D eigenvalue weighted by molar-refractivity contribution is -0.113. The van der Waals surface area contributed by atoms with Gasteiger partial charge in [-0.3, -0.25) is 4.79 Å². The zero-order chi connectivity index (χ0) is 24.1. The molecule has 1 amide bonds. The van der Waals surface area contributed by atoms with Crippen LogP contribution in [-0.2, 0) is 11.3 Å². The van der Waals surface area contributed by atoms with Gasteiger partial charge in [-0.15, -0.1) is 10.2 Å². The highest BCUT2D eigenvalue weighted by atomic mass is 35.5. The highest BCUT2D eigenvalue weighted by molar-refractivity contribution is 7.99. The molecular formula is C22H22ClF3N4O2S. The van der Waals surface area contributed by atoms with Gasteiger partial charge in [0, 0.05) is 6.54 Å². The summed E-state index contributed by atoms with van der Waals surface area (Å²) in [5.74, 6) is -3.87. The number of ether oxygens (including phenoxy) is 1. The first kappa shape index (κ1) is 24.9. The Balaban J connectivity index is 1.72. The second kappa shape index (κ2) is 10.9. The maximum absolute atomic E-state index is 13.8. The van der Waals surface area contributed by atoms with Crippen LogP contribution in [0, 0.1) is 23.4 Å². The molecule has 0 aliphatic carbocycles. The van der Waals surface area contributed by atoms with Crippen molar-refractivity contribution in [1.29, 1.82) is 0 Å². The zero-order valence-electron chi connectivity index (χ0n) is 18.1. The Morgan fingerprint density at radius 1 is 1.12 bits per heavy atom. The van der Waals surface area contributed by atoms with E-state index in [2.05, 4.69) is 15.5 Å². The first-order valence-corrected chi connectivity index (χ1v) is 11.4. The van der Waals surface area contributed by atoms with Crippen LogP contribution in [0.4, 0.5) is 18.9 Å². The van der Waals surface area contributed by atoms with Crippen molar-refractivity contribution in [3.63, 3.8) is 0 Å². The highest BCUT2D eigenvalue weighted by Gasteiger charge is 2.22. The number of hydrogen-bond acceptors (Lipinski definition) is 5. The van der Waals surface area contributed by atoms with Crippen molar-refractivity contribution in [1.82, 2.24) is 14.8 Å². The number of amides is 1. The summed E-state index contributed by atoms with van der Waals surface area (Å²) in [4.78, 5) is 12.3. The maximum atomic E-state index is 13.8. The molecule has 0 aliphatic rings. The summed E-state index contributed by atoms with van der Waals surface area (Å²) in [5.41, 5.74) is -0.439. The molecule has 1 N–H and O–H groups in total. The average molecular weight is 499 g/mol. The van der Waals surface area contributed by atoms with Gasteiger partial charge < -0.3 is 14.6 Å². The van der Waals surface area contributed by atoms with Crippen LogP contribution in [0.2, 0.25) is 5.02 Å². The number of para-hydroxylation sites is 1. The monoisotopic (exact) mass is 498 g/mol. The third-order valence-electron chi connectivity index (χ3n) is 4.44. The molecule has 0 aliphatic heterocycles. The fourth-order valence-electron chi connectivity index (χ4n) is 2.97. The normalized spacial score (nSPS) is 12.1. The second-order valence-electron chi connectivity index (χ2n) is 7.60. The molecule has 176 valence electrons. The number of benzene rings is 2. The Morgan fingerprint density at radius 3 is 2.55 bits per heavy atom. The molecule has 1 unspecified atom stereocenters. The Morgan fingerprint density at radius 2 is 1.85 bits per heavy atom. The number of carbonyl (C=O) groups excluding carboxylic acids is 1. The van der Waals surface area contributed by atoms with Crippen molar-refractivity contribution in [3.8, 4) is 5.75 Å². The van der Waals surface area contributed by atoms with Gasteiger partial charge in [0.25, 0.3) is 0 Å². The molecule has 0 fully saturated rings. The first-order chi connectivity index (χ1) is 15.7. The molecule has 1 aromatic heterocycles. The fraction of sp³-hybridized carbons (Fsp3) is 0.318. The summed E-state index contributed by atoms with van der Waals surface area (Å²) in [6.07, 6.45) is -0.476.